The van der Waals surface area contributed by atoms with Gasteiger partial charge in [0.25, 0.3) is 0 Å². The van der Waals surface area contributed by atoms with Gasteiger partial charge < -0.3 is 10.2 Å². The molecule has 1 saturated heterocycles. The van der Waals surface area contributed by atoms with Crippen molar-refractivity contribution in [3.05, 3.63) is 5.82 Å². The molecule has 2 heterocycles. The third-order valence-corrected chi connectivity index (χ3v) is 3.92. The van der Waals surface area contributed by atoms with Crippen LogP contribution in [0.25, 0.3) is 0 Å². The van der Waals surface area contributed by atoms with Crippen molar-refractivity contribution in [1.82, 2.24) is 30.4 Å². The zero-order chi connectivity index (χ0) is 14.4. The number of tetrazole rings is 1. The van der Waals surface area contributed by atoms with E-state index in [-0.39, 0.29) is 5.91 Å². The molecule has 1 aliphatic heterocycles. The predicted octanol–water partition coefficient (Wildman–Crippen LogP) is 0.399. The zero-order valence-corrected chi connectivity index (χ0v) is 12.4. The summed E-state index contributed by atoms with van der Waals surface area (Å²) in [6.07, 6.45) is 2.50. The lowest BCUT2D eigenvalue weighted by molar-refractivity contribution is -0.132. The standard InChI is InChI=1S/C13H24N6O/c1-3-11(4-2)13-15-16-17-19(13)8-5-12(20)18-9-6-14-7-10-18/h11,14H,3-10H2,1-2H3. The largest absolute Gasteiger partial charge is 0.340 e. The van der Waals surface area contributed by atoms with Crippen LogP contribution in [0.2, 0.25) is 0 Å². The van der Waals surface area contributed by atoms with Crippen LogP contribution in [0.3, 0.4) is 0 Å². The maximum absolute atomic E-state index is 12.1. The summed E-state index contributed by atoms with van der Waals surface area (Å²) >= 11 is 0. The third-order valence-electron chi connectivity index (χ3n) is 3.92. The number of nitrogens with one attached hydrogen (secondary N) is 1. The number of piperazine rings is 1. The van der Waals surface area contributed by atoms with Crippen LogP contribution in [0.5, 0.6) is 0 Å². The van der Waals surface area contributed by atoms with E-state index in [9.17, 15) is 4.79 Å². The van der Waals surface area contributed by atoms with Crippen LogP contribution in [0.4, 0.5) is 0 Å². The average Bonchev–Trinajstić information content (AvgIpc) is 2.95. The predicted molar refractivity (Wildman–Crippen MR) is 75.2 cm³/mol. The summed E-state index contributed by atoms with van der Waals surface area (Å²) in [6, 6.07) is 0. The molecule has 1 aromatic heterocycles. The lowest BCUT2D eigenvalue weighted by Gasteiger charge is -2.27. The highest BCUT2D eigenvalue weighted by Crippen LogP contribution is 2.19. The van der Waals surface area contributed by atoms with Gasteiger partial charge in [0, 0.05) is 38.5 Å². The minimum Gasteiger partial charge on any atom is -0.340 e. The van der Waals surface area contributed by atoms with Crippen LogP contribution in [-0.4, -0.2) is 57.2 Å². The lowest BCUT2D eigenvalue weighted by atomic mass is 10.0. The highest BCUT2D eigenvalue weighted by atomic mass is 16.2. The minimum atomic E-state index is 0.192. The van der Waals surface area contributed by atoms with Gasteiger partial charge in [0.2, 0.25) is 5.91 Å². The second kappa shape index (κ2) is 7.33. The van der Waals surface area contributed by atoms with Crippen LogP contribution in [0.1, 0.15) is 44.9 Å². The van der Waals surface area contributed by atoms with E-state index in [1.54, 1.807) is 4.68 Å². The molecule has 0 aliphatic carbocycles. The van der Waals surface area contributed by atoms with E-state index in [2.05, 4.69) is 34.7 Å². The summed E-state index contributed by atoms with van der Waals surface area (Å²) in [5.74, 6) is 1.47. The molecular weight excluding hydrogens is 256 g/mol. The number of aromatic nitrogens is 4. The van der Waals surface area contributed by atoms with Gasteiger partial charge >= 0.3 is 0 Å². The van der Waals surface area contributed by atoms with Gasteiger partial charge in [-0.05, 0) is 23.3 Å². The molecule has 112 valence electrons. The zero-order valence-electron chi connectivity index (χ0n) is 12.4. The van der Waals surface area contributed by atoms with Crippen LogP contribution < -0.4 is 5.32 Å². The molecule has 1 fully saturated rings. The summed E-state index contributed by atoms with van der Waals surface area (Å²) in [5, 5.41) is 15.1. The molecule has 0 atom stereocenters. The first-order chi connectivity index (χ1) is 9.76. The van der Waals surface area contributed by atoms with Gasteiger partial charge in [0.05, 0.1) is 6.54 Å². The Kier molecular flexibility index (Phi) is 5.46. The van der Waals surface area contributed by atoms with E-state index >= 15 is 0 Å². The Bertz CT molecular complexity index is 422. The first-order valence-corrected chi connectivity index (χ1v) is 7.50. The Hall–Kier alpha value is -1.50. The van der Waals surface area contributed by atoms with Crippen LogP contribution in [0.15, 0.2) is 0 Å². The van der Waals surface area contributed by atoms with Crippen molar-refractivity contribution >= 4 is 5.91 Å². The van der Waals surface area contributed by atoms with E-state index < -0.39 is 0 Å². The molecule has 2 rings (SSSR count). The number of nitrogens with zero attached hydrogens (tertiary/aromatic N) is 5. The number of aryl methyl sites for hydroxylation is 1. The molecule has 1 aliphatic rings. The number of hydrogen-bond donors (Lipinski definition) is 1. The monoisotopic (exact) mass is 280 g/mol. The molecule has 1 aromatic rings. The van der Waals surface area contributed by atoms with Crippen molar-refractivity contribution in [1.29, 1.82) is 0 Å². The van der Waals surface area contributed by atoms with Crippen LogP contribution in [-0.2, 0) is 11.3 Å². The topological polar surface area (TPSA) is 75.9 Å². The van der Waals surface area contributed by atoms with Crippen molar-refractivity contribution in [3.63, 3.8) is 0 Å². The first kappa shape index (κ1) is 14.9. The van der Waals surface area contributed by atoms with Crippen LogP contribution >= 0.6 is 0 Å². The highest BCUT2D eigenvalue weighted by Gasteiger charge is 2.19. The molecule has 0 aromatic carbocycles. The number of carbonyl (C=O) groups is 1. The molecule has 0 bridgehead atoms. The van der Waals surface area contributed by atoms with Crippen molar-refractivity contribution in [3.8, 4) is 0 Å². The van der Waals surface area contributed by atoms with Crippen LogP contribution in [0, 0.1) is 0 Å². The van der Waals surface area contributed by atoms with Gasteiger partial charge in [0.15, 0.2) is 5.82 Å². The first-order valence-electron chi connectivity index (χ1n) is 7.50. The Morgan fingerprint density at radius 1 is 1.30 bits per heavy atom. The Balaban J connectivity index is 1.90. The molecule has 0 spiro atoms. The third kappa shape index (κ3) is 3.53. The number of rotatable bonds is 6. The highest BCUT2D eigenvalue weighted by molar-refractivity contribution is 5.76. The van der Waals surface area contributed by atoms with Gasteiger partial charge in [-0.15, -0.1) is 5.10 Å². The quantitative estimate of drug-likeness (QED) is 0.816. The average molecular weight is 280 g/mol. The maximum atomic E-state index is 12.1. The molecule has 7 nitrogen and oxygen atoms in total. The van der Waals surface area contributed by atoms with Crippen molar-refractivity contribution < 1.29 is 4.79 Å². The molecule has 0 unspecified atom stereocenters. The van der Waals surface area contributed by atoms with Crippen molar-refractivity contribution in [2.24, 2.45) is 0 Å². The molecular formula is C13H24N6O. The van der Waals surface area contributed by atoms with E-state index in [4.69, 9.17) is 0 Å². The summed E-state index contributed by atoms with van der Waals surface area (Å²) in [6.45, 7) is 8.21. The van der Waals surface area contributed by atoms with Gasteiger partial charge in [-0.25, -0.2) is 4.68 Å². The Morgan fingerprint density at radius 2 is 2.00 bits per heavy atom. The maximum Gasteiger partial charge on any atom is 0.224 e. The van der Waals surface area contributed by atoms with E-state index in [0.29, 0.717) is 18.9 Å². The van der Waals surface area contributed by atoms with E-state index in [1.165, 1.54) is 0 Å². The fraction of sp³-hybridized carbons (Fsp3) is 0.846. The van der Waals surface area contributed by atoms with Crippen molar-refractivity contribution in [2.75, 3.05) is 26.2 Å². The van der Waals surface area contributed by atoms with Gasteiger partial charge in [0.1, 0.15) is 0 Å². The van der Waals surface area contributed by atoms with E-state index in [1.807, 2.05) is 4.90 Å². The molecule has 20 heavy (non-hydrogen) atoms. The number of amides is 1. The summed E-state index contributed by atoms with van der Waals surface area (Å²) in [5.41, 5.74) is 0. The number of carbonyl (C=O) groups excluding carboxylic acids is 1. The number of hydrogen-bond acceptors (Lipinski definition) is 5. The molecule has 1 amide bonds. The van der Waals surface area contributed by atoms with Gasteiger partial charge in [-0.3, -0.25) is 4.79 Å². The normalized spacial score (nSPS) is 15.8. The SMILES string of the molecule is CCC(CC)c1nnnn1CCC(=O)N1CCNCC1. The Morgan fingerprint density at radius 3 is 2.65 bits per heavy atom. The van der Waals surface area contributed by atoms with Gasteiger partial charge in [-0.1, -0.05) is 13.8 Å². The second-order valence-electron chi connectivity index (χ2n) is 5.15. The fourth-order valence-corrected chi connectivity index (χ4v) is 2.59. The summed E-state index contributed by atoms with van der Waals surface area (Å²) < 4.78 is 1.79. The van der Waals surface area contributed by atoms with E-state index in [0.717, 1.165) is 44.8 Å². The molecule has 0 saturated carbocycles. The summed E-state index contributed by atoms with van der Waals surface area (Å²) in [4.78, 5) is 14.0. The fourth-order valence-electron chi connectivity index (χ4n) is 2.59. The second-order valence-corrected chi connectivity index (χ2v) is 5.15. The molecule has 1 N–H and O–H groups in total. The van der Waals surface area contributed by atoms with Crippen molar-refractivity contribution in [2.45, 2.75) is 45.6 Å². The summed E-state index contributed by atoms with van der Waals surface area (Å²) in [7, 11) is 0. The lowest BCUT2D eigenvalue weighted by Crippen LogP contribution is -2.46. The minimum absolute atomic E-state index is 0.192. The van der Waals surface area contributed by atoms with Gasteiger partial charge in [-0.2, -0.15) is 0 Å². The Labute approximate surface area is 119 Å². The molecule has 7 heteroatoms. The molecule has 0 radical (unpaired) electrons. The smallest absolute Gasteiger partial charge is 0.224 e.